The van der Waals surface area contributed by atoms with Gasteiger partial charge in [0, 0.05) is 24.8 Å². The van der Waals surface area contributed by atoms with Gasteiger partial charge in [-0.1, -0.05) is 19.1 Å². The van der Waals surface area contributed by atoms with Crippen molar-refractivity contribution in [3.63, 3.8) is 0 Å². The summed E-state index contributed by atoms with van der Waals surface area (Å²) in [5, 5.41) is 0. The summed E-state index contributed by atoms with van der Waals surface area (Å²) < 4.78 is 5.96. The third-order valence-electron chi connectivity index (χ3n) is 3.89. The van der Waals surface area contributed by atoms with E-state index in [1.807, 2.05) is 0 Å². The van der Waals surface area contributed by atoms with E-state index in [4.69, 9.17) is 10.5 Å². The van der Waals surface area contributed by atoms with Crippen molar-refractivity contribution < 1.29 is 4.74 Å². The van der Waals surface area contributed by atoms with Gasteiger partial charge in [0.25, 0.3) is 0 Å². The highest BCUT2D eigenvalue weighted by Crippen LogP contribution is 2.26. The molecule has 1 aliphatic rings. The fourth-order valence-corrected chi connectivity index (χ4v) is 2.94. The first-order valence-corrected chi connectivity index (χ1v) is 7.67. The highest BCUT2D eigenvalue weighted by atomic mass is 16.5. The van der Waals surface area contributed by atoms with Gasteiger partial charge in [0.1, 0.15) is 0 Å². The minimum Gasteiger partial charge on any atom is -0.369 e. The van der Waals surface area contributed by atoms with Crippen molar-refractivity contribution in [3.05, 3.63) is 29.8 Å². The summed E-state index contributed by atoms with van der Waals surface area (Å²) in [6, 6.07) is 9.11. The van der Waals surface area contributed by atoms with Gasteiger partial charge in [-0.2, -0.15) is 0 Å². The molecule has 1 fully saturated rings. The van der Waals surface area contributed by atoms with E-state index in [1.54, 1.807) is 0 Å². The molecule has 0 aromatic heterocycles. The van der Waals surface area contributed by atoms with Crippen molar-refractivity contribution in [2.75, 3.05) is 18.0 Å². The Balaban J connectivity index is 2.06. The molecular formula is C17H28N2O. The summed E-state index contributed by atoms with van der Waals surface area (Å²) in [6.45, 7) is 10.5. The summed E-state index contributed by atoms with van der Waals surface area (Å²) in [5.74, 6) is 0. The largest absolute Gasteiger partial charge is 0.369 e. The van der Waals surface area contributed by atoms with E-state index in [-0.39, 0.29) is 17.7 Å². The first kappa shape index (κ1) is 15.3. The number of nitrogens with zero attached hydrogens (tertiary/aromatic N) is 1. The van der Waals surface area contributed by atoms with E-state index < -0.39 is 0 Å². The van der Waals surface area contributed by atoms with Gasteiger partial charge in [0.05, 0.1) is 11.7 Å². The van der Waals surface area contributed by atoms with E-state index >= 15 is 0 Å². The van der Waals surface area contributed by atoms with E-state index in [2.05, 4.69) is 56.9 Å². The Hall–Kier alpha value is -1.06. The third kappa shape index (κ3) is 3.97. The Kier molecular flexibility index (Phi) is 4.71. The number of anilines is 1. The van der Waals surface area contributed by atoms with Crippen molar-refractivity contribution in [1.29, 1.82) is 0 Å². The number of rotatable bonds is 4. The van der Waals surface area contributed by atoms with Crippen LogP contribution in [0.4, 0.5) is 5.69 Å². The van der Waals surface area contributed by atoms with Gasteiger partial charge in [-0.05, 0) is 51.3 Å². The van der Waals surface area contributed by atoms with Crippen LogP contribution in [-0.2, 0) is 11.2 Å². The van der Waals surface area contributed by atoms with Crippen LogP contribution in [0.1, 0.15) is 39.7 Å². The summed E-state index contributed by atoms with van der Waals surface area (Å²) in [7, 11) is 0. The molecule has 2 rings (SSSR count). The van der Waals surface area contributed by atoms with Crippen molar-refractivity contribution in [1.82, 2.24) is 0 Å². The zero-order valence-electron chi connectivity index (χ0n) is 13.2. The topological polar surface area (TPSA) is 38.5 Å². The Morgan fingerprint density at radius 3 is 2.55 bits per heavy atom. The number of morpholine rings is 1. The fraction of sp³-hybridized carbons (Fsp3) is 0.647. The van der Waals surface area contributed by atoms with Crippen LogP contribution in [0.15, 0.2) is 24.3 Å². The lowest BCUT2D eigenvalue weighted by molar-refractivity contribution is -0.0749. The number of ether oxygens (including phenoxy) is 1. The molecule has 1 saturated heterocycles. The second-order valence-electron chi connectivity index (χ2n) is 6.61. The third-order valence-corrected chi connectivity index (χ3v) is 3.89. The number of benzene rings is 1. The Labute approximate surface area is 123 Å². The molecule has 3 heteroatoms. The first-order chi connectivity index (χ1) is 9.39. The van der Waals surface area contributed by atoms with Crippen molar-refractivity contribution in [2.45, 2.75) is 58.3 Å². The second-order valence-corrected chi connectivity index (χ2v) is 6.61. The lowest BCUT2D eigenvalue weighted by atomic mass is 10.0. The van der Waals surface area contributed by atoms with E-state index in [0.717, 1.165) is 25.9 Å². The molecule has 1 heterocycles. The molecule has 1 aliphatic heterocycles. The van der Waals surface area contributed by atoms with Gasteiger partial charge < -0.3 is 15.4 Å². The Bertz CT molecular complexity index is 427. The average Bonchev–Trinajstić information content (AvgIpc) is 2.37. The predicted molar refractivity (Wildman–Crippen MR) is 85.3 cm³/mol. The Morgan fingerprint density at radius 1 is 1.35 bits per heavy atom. The summed E-state index contributed by atoms with van der Waals surface area (Å²) >= 11 is 0. The van der Waals surface area contributed by atoms with Crippen LogP contribution < -0.4 is 10.6 Å². The molecule has 3 nitrogen and oxygen atoms in total. The maximum Gasteiger partial charge on any atom is 0.0805 e. The zero-order chi connectivity index (χ0) is 14.8. The number of hydrogen-bond acceptors (Lipinski definition) is 3. The normalized spacial score (nSPS) is 23.6. The number of hydrogen-bond donors (Lipinski definition) is 1. The van der Waals surface area contributed by atoms with Crippen LogP contribution in [0.3, 0.4) is 0 Å². The summed E-state index contributed by atoms with van der Waals surface area (Å²) in [5.41, 5.74) is 8.53. The van der Waals surface area contributed by atoms with Crippen LogP contribution in [0, 0.1) is 0 Å². The standard InChI is InChI=1S/C17H28N2O/c1-5-15(18)10-14-6-8-16(9-7-14)19-11-13(2)20-17(3,4)12-19/h6-9,13,15H,5,10-12,18H2,1-4H3. The highest BCUT2D eigenvalue weighted by molar-refractivity contribution is 5.48. The molecule has 1 aromatic carbocycles. The lowest BCUT2D eigenvalue weighted by Gasteiger charge is -2.43. The number of nitrogens with two attached hydrogens (primary N) is 1. The van der Waals surface area contributed by atoms with Gasteiger partial charge in [-0.15, -0.1) is 0 Å². The molecule has 20 heavy (non-hydrogen) atoms. The predicted octanol–water partition coefficient (Wildman–Crippen LogP) is 2.97. The molecule has 0 radical (unpaired) electrons. The smallest absolute Gasteiger partial charge is 0.0805 e. The SMILES string of the molecule is CCC(N)Cc1ccc(N2CC(C)OC(C)(C)C2)cc1. The molecule has 2 atom stereocenters. The molecule has 0 amide bonds. The molecule has 0 aliphatic carbocycles. The van der Waals surface area contributed by atoms with Crippen molar-refractivity contribution in [3.8, 4) is 0 Å². The maximum atomic E-state index is 6.01. The van der Waals surface area contributed by atoms with E-state index in [0.29, 0.717) is 0 Å². The lowest BCUT2D eigenvalue weighted by Crippen LogP contribution is -2.52. The molecule has 0 saturated carbocycles. The van der Waals surface area contributed by atoms with Crippen LogP contribution in [0.2, 0.25) is 0 Å². The molecule has 0 spiro atoms. The van der Waals surface area contributed by atoms with Crippen LogP contribution in [0.25, 0.3) is 0 Å². The minimum absolute atomic E-state index is 0.0824. The van der Waals surface area contributed by atoms with Gasteiger partial charge in [-0.25, -0.2) is 0 Å². The summed E-state index contributed by atoms with van der Waals surface area (Å²) in [6.07, 6.45) is 2.26. The van der Waals surface area contributed by atoms with E-state index in [1.165, 1.54) is 11.3 Å². The van der Waals surface area contributed by atoms with Gasteiger partial charge in [0.2, 0.25) is 0 Å². The van der Waals surface area contributed by atoms with E-state index in [9.17, 15) is 0 Å². The maximum absolute atomic E-state index is 6.01. The zero-order valence-corrected chi connectivity index (χ0v) is 13.2. The van der Waals surface area contributed by atoms with Crippen LogP contribution >= 0.6 is 0 Å². The van der Waals surface area contributed by atoms with Crippen LogP contribution in [-0.4, -0.2) is 30.8 Å². The van der Waals surface area contributed by atoms with Gasteiger partial charge in [-0.3, -0.25) is 0 Å². The molecule has 1 aromatic rings. The molecule has 0 bridgehead atoms. The first-order valence-electron chi connectivity index (χ1n) is 7.67. The molecular weight excluding hydrogens is 248 g/mol. The average molecular weight is 276 g/mol. The second kappa shape index (κ2) is 6.15. The van der Waals surface area contributed by atoms with Crippen LogP contribution in [0.5, 0.6) is 0 Å². The molecule has 2 N–H and O–H groups in total. The van der Waals surface area contributed by atoms with Crippen molar-refractivity contribution >= 4 is 5.69 Å². The summed E-state index contributed by atoms with van der Waals surface area (Å²) in [4.78, 5) is 2.41. The monoisotopic (exact) mass is 276 g/mol. The highest BCUT2D eigenvalue weighted by Gasteiger charge is 2.31. The van der Waals surface area contributed by atoms with Crippen molar-refractivity contribution in [2.24, 2.45) is 5.73 Å². The fourth-order valence-electron chi connectivity index (χ4n) is 2.94. The van der Waals surface area contributed by atoms with Gasteiger partial charge in [0.15, 0.2) is 0 Å². The quantitative estimate of drug-likeness (QED) is 0.919. The van der Waals surface area contributed by atoms with Gasteiger partial charge >= 0.3 is 0 Å². The minimum atomic E-state index is -0.0824. The molecule has 2 unspecified atom stereocenters. The Morgan fingerprint density at radius 2 is 2.00 bits per heavy atom. The molecule has 112 valence electrons.